The van der Waals surface area contributed by atoms with Gasteiger partial charge in [-0.2, -0.15) is 0 Å². The van der Waals surface area contributed by atoms with Gasteiger partial charge in [0.1, 0.15) is 0 Å². The molecule has 0 aliphatic heterocycles. The topological polar surface area (TPSA) is 32.3 Å². The molecule has 0 radical (unpaired) electrons. The predicted molar refractivity (Wildman–Crippen MR) is 80.2 cm³/mol. The van der Waals surface area contributed by atoms with E-state index < -0.39 is 0 Å². The minimum Gasteiger partial charge on any atom is -0.396 e. The second-order valence-corrected chi connectivity index (χ2v) is 6.17. The molecule has 2 heteroatoms. The normalized spacial score (nSPS) is 19.5. The number of hydrogen-bond acceptors (Lipinski definition) is 2. The van der Waals surface area contributed by atoms with Crippen LogP contribution in [0, 0.1) is 5.41 Å². The van der Waals surface area contributed by atoms with E-state index in [0.29, 0.717) is 12.6 Å². The Morgan fingerprint density at radius 2 is 1.89 bits per heavy atom. The number of nitrogens with one attached hydrogen (secondary N) is 1. The van der Waals surface area contributed by atoms with Crippen molar-refractivity contribution < 1.29 is 5.11 Å². The minimum atomic E-state index is 0.168. The second kappa shape index (κ2) is 7.06. The molecule has 106 valence electrons. The van der Waals surface area contributed by atoms with Gasteiger partial charge in [0.25, 0.3) is 0 Å². The van der Waals surface area contributed by atoms with Crippen LogP contribution in [0.5, 0.6) is 0 Å². The van der Waals surface area contributed by atoms with Crippen LogP contribution in [0.3, 0.4) is 0 Å². The quantitative estimate of drug-likeness (QED) is 0.790. The first-order valence-electron chi connectivity index (χ1n) is 7.62. The highest BCUT2D eigenvalue weighted by atomic mass is 16.3. The number of benzene rings is 1. The third-order valence-electron chi connectivity index (χ3n) is 4.53. The molecule has 1 atom stereocenters. The Morgan fingerprint density at radius 3 is 2.53 bits per heavy atom. The van der Waals surface area contributed by atoms with Gasteiger partial charge in [-0.1, -0.05) is 43.2 Å². The highest BCUT2D eigenvalue weighted by molar-refractivity contribution is 5.14. The summed E-state index contributed by atoms with van der Waals surface area (Å²) in [6, 6.07) is 11.2. The fraction of sp³-hybridized carbons (Fsp3) is 0.647. The molecule has 2 N–H and O–H groups in total. The van der Waals surface area contributed by atoms with Crippen LogP contribution in [0.2, 0.25) is 0 Å². The van der Waals surface area contributed by atoms with Gasteiger partial charge in [-0.3, -0.25) is 0 Å². The van der Waals surface area contributed by atoms with Crippen LogP contribution >= 0.6 is 0 Å². The van der Waals surface area contributed by atoms with E-state index in [-0.39, 0.29) is 5.41 Å². The molecule has 1 aliphatic rings. The van der Waals surface area contributed by atoms with Crippen molar-refractivity contribution in [1.29, 1.82) is 0 Å². The maximum absolute atomic E-state index is 9.60. The van der Waals surface area contributed by atoms with Gasteiger partial charge in [-0.15, -0.1) is 0 Å². The van der Waals surface area contributed by atoms with Gasteiger partial charge < -0.3 is 10.4 Å². The van der Waals surface area contributed by atoms with E-state index >= 15 is 0 Å². The van der Waals surface area contributed by atoms with Gasteiger partial charge in [-0.25, -0.2) is 0 Å². The van der Waals surface area contributed by atoms with E-state index in [1.807, 2.05) is 0 Å². The molecule has 0 aromatic heterocycles. The van der Waals surface area contributed by atoms with Crippen molar-refractivity contribution >= 4 is 0 Å². The van der Waals surface area contributed by atoms with Crippen molar-refractivity contribution in [3.8, 4) is 0 Å². The summed E-state index contributed by atoms with van der Waals surface area (Å²) in [6.45, 7) is 3.56. The maximum Gasteiger partial charge on any atom is 0.0499 e. The summed E-state index contributed by atoms with van der Waals surface area (Å²) in [5.41, 5.74) is 1.58. The molecule has 0 heterocycles. The van der Waals surface area contributed by atoms with Crippen molar-refractivity contribution in [2.45, 2.75) is 51.5 Å². The van der Waals surface area contributed by atoms with Crippen molar-refractivity contribution in [1.82, 2.24) is 5.32 Å². The van der Waals surface area contributed by atoms with E-state index in [2.05, 4.69) is 42.6 Å². The van der Waals surface area contributed by atoms with E-state index in [1.165, 1.54) is 31.2 Å². The van der Waals surface area contributed by atoms with Crippen LogP contribution in [-0.4, -0.2) is 24.3 Å². The third-order valence-corrected chi connectivity index (χ3v) is 4.53. The summed E-state index contributed by atoms with van der Waals surface area (Å²) < 4.78 is 0. The molecule has 0 bridgehead atoms. The summed E-state index contributed by atoms with van der Waals surface area (Å²) in [4.78, 5) is 0. The predicted octanol–water partition coefficient (Wildman–Crippen LogP) is 3.15. The number of aliphatic hydroxyl groups is 1. The number of hydrogen-bond donors (Lipinski definition) is 2. The smallest absolute Gasteiger partial charge is 0.0499 e. The first-order chi connectivity index (χ1) is 9.24. The Hall–Kier alpha value is -0.860. The number of aliphatic hydroxyl groups excluding tert-OH is 1. The summed E-state index contributed by atoms with van der Waals surface area (Å²) in [7, 11) is 0. The molecule has 0 saturated heterocycles. The number of rotatable bonds is 7. The van der Waals surface area contributed by atoms with Gasteiger partial charge in [0.15, 0.2) is 0 Å². The van der Waals surface area contributed by atoms with Crippen molar-refractivity contribution in [3.05, 3.63) is 35.9 Å². The van der Waals surface area contributed by atoms with E-state index in [9.17, 15) is 5.11 Å². The fourth-order valence-electron chi connectivity index (χ4n) is 3.04. The maximum atomic E-state index is 9.60. The zero-order valence-corrected chi connectivity index (χ0v) is 12.1. The molecule has 1 aromatic carbocycles. The molecule has 1 fully saturated rings. The summed E-state index contributed by atoms with van der Waals surface area (Å²) in [5.74, 6) is 0. The van der Waals surface area contributed by atoms with Gasteiger partial charge in [-0.05, 0) is 38.2 Å². The van der Waals surface area contributed by atoms with Gasteiger partial charge in [0.2, 0.25) is 0 Å². The van der Waals surface area contributed by atoms with E-state index in [1.54, 1.807) is 0 Å². The Bertz CT molecular complexity index is 357. The highest BCUT2D eigenvalue weighted by Gasteiger charge is 2.32. The Kier molecular flexibility index (Phi) is 5.41. The molecular formula is C17H27NO. The standard InChI is InChI=1S/C17H27NO/c1-15(9-10-16-7-3-2-4-8-16)18-13-17(14-19)11-5-6-12-17/h2-4,7-8,15,18-19H,5-6,9-14H2,1H3/t15-/m0/s1. The van der Waals surface area contributed by atoms with E-state index in [0.717, 1.165) is 19.4 Å². The lowest BCUT2D eigenvalue weighted by Gasteiger charge is -2.28. The summed E-state index contributed by atoms with van der Waals surface area (Å²) >= 11 is 0. The SMILES string of the molecule is C[C@@H](CCc1ccccc1)NCC1(CO)CCCC1. The lowest BCUT2D eigenvalue weighted by atomic mass is 9.87. The average Bonchev–Trinajstić information content (AvgIpc) is 2.93. The molecule has 19 heavy (non-hydrogen) atoms. The van der Waals surface area contributed by atoms with Crippen LogP contribution in [0.1, 0.15) is 44.6 Å². The first kappa shape index (κ1) is 14.5. The minimum absolute atomic E-state index is 0.168. The lowest BCUT2D eigenvalue weighted by Crippen LogP contribution is -2.39. The molecule has 2 rings (SSSR count). The van der Waals surface area contributed by atoms with Gasteiger partial charge in [0.05, 0.1) is 0 Å². The molecular weight excluding hydrogens is 234 g/mol. The Labute approximate surface area is 117 Å². The lowest BCUT2D eigenvalue weighted by molar-refractivity contribution is 0.125. The van der Waals surface area contributed by atoms with Gasteiger partial charge in [0, 0.05) is 24.6 Å². The van der Waals surface area contributed by atoms with Crippen LogP contribution in [-0.2, 0) is 6.42 Å². The second-order valence-electron chi connectivity index (χ2n) is 6.17. The van der Waals surface area contributed by atoms with Crippen LogP contribution in [0.25, 0.3) is 0 Å². The summed E-state index contributed by atoms with van der Waals surface area (Å²) in [5, 5.41) is 13.2. The zero-order chi connectivity index (χ0) is 13.6. The molecule has 0 unspecified atom stereocenters. The Morgan fingerprint density at radius 1 is 1.21 bits per heavy atom. The highest BCUT2D eigenvalue weighted by Crippen LogP contribution is 2.37. The zero-order valence-electron chi connectivity index (χ0n) is 12.1. The molecule has 1 aromatic rings. The Balaban J connectivity index is 1.71. The van der Waals surface area contributed by atoms with E-state index in [4.69, 9.17) is 0 Å². The number of aryl methyl sites for hydroxylation is 1. The molecule has 1 aliphatic carbocycles. The fourth-order valence-corrected chi connectivity index (χ4v) is 3.04. The van der Waals surface area contributed by atoms with Crippen molar-refractivity contribution in [3.63, 3.8) is 0 Å². The van der Waals surface area contributed by atoms with Gasteiger partial charge >= 0.3 is 0 Å². The monoisotopic (exact) mass is 261 g/mol. The molecule has 0 amide bonds. The summed E-state index contributed by atoms with van der Waals surface area (Å²) in [6.07, 6.45) is 7.21. The largest absolute Gasteiger partial charge is 0.396 e. The molecule has 1 saturated carbocycles. The van der Waals surface area contributed by atoms with Crippen LogP contribution in [0.4, 0.5) is 0 Å². The molecule has 2 nitrogen and oxygen atoms in total. The van der Waals surface area contributed by atoms with Crippen molar-refractivity contribution in [2.75, 3.05) is 13.2 Å². The van der Waals surface area contributed by atoms with Crippen molar-refractivity contribution in [2.24, 2.45) is 5.41 Å². The third kappa shape index (κ3) is 4.32. The average molecular weight is 261 g/mol. The first-order valence-corrected chi connectivity index (χ1v) is 7.62. The molecule has 0 spiro atoms. The van der Waals surface area contributed by atoms with Crippen LogP contribution in [0.15, 0.2) is 30.3 Å². The van der Waals surface area contributed by atoms with Crippen LogP contribution < -0.4 is 5.32 Å².